The summed E-state index contributed by atoms with van der Waals surface area (Å²) in [5.74, 6) is -0.0526. The van der Waals surface area contributed by atoms with E-state index in [-0.39, 0.29) is 18.2 Å². The fourth-order valence-electron chi connectivity index (χ4n) is 3.00. The van der Waals surface area contributed by atoms with Crippen LogP contribution in [0.3, 0.4) is 0 Å². The van der Waals surface area contributed by atoms with E-state index in [0.29, 0.717) is 16.9 Å². The number of rotatable bonds is 4. The van der Waals surface area contributed by atoms with Crippen molar-refractivity contribution in [3.05, 3.63) is 66.1 Å². The molecule has 0 radical (unpaired) electrons. The van der Waals surface area contributed by atoms with Gasteiger partial charge in [0.2, 0.25) is 5.91 Å². The molecule has 0 saturated carbocycles. The van der Waals surface area contributed by atoms with Crippen molar-refractivity contribution in [2.24, 2.45) is 0 Å². The zero-order valence-electron chi connectivity index (χ0n) is 14.5. The van der Waals surface area contributed by atoms with E-state index in [9.17, 15) is 9.59 Å². The molecule has 4 rings (SSSR count). The highest BCUT2D eigenvalue weighted by Crippen LogP contribution is 2.25. The number of carbonyl (C=O) groups is 2. The van der Waals surface area contributed by atoms with E-state index in [1.807, 2.05) is 30.3 Å². The zero-order valence-corrected chi connectivity index (χ0v) is 14.5. The summed E-state index contributed by atoms with van der Waals surface area (Å²) in [4.78, 5) is 27.6. The third-order valence-corrected chi connectivity index (χ3v) is 4.36. The summed E-state index contributed by atoms with van der Waals surface area (Å²) in [5, 5.41) is 1.62. The molecule has 0 saturated heterocycles. The minimum Gasteiger partial charge on any atom is -0.497 e. The van der Waals surface area contributed by atoms with E-state index in [4.69, 9.17) is 9.15 Å². The highest BCUT2D eigenvalue weighted by atomic mass is 16.5. The van der Waals surface area contributed by atoms with Gasteiger partial charge in [0.05, 0.1) is 25.4 Å². The quantitative estimate of drug-likeness (QED) is 0.486. The number of aromatic amines is 1. The van der Waals surface area contributed by atoms with Gasteiger partial charge in [0.25, 0.3) is 5.91 Å². The molecule has 0 aliphatic rings. The molecular weight excluding hydrogens is 346 g/mol. The molecule has 7 nitrogen and oxygen atoms in total. The molecule has 2 aromatic heterocycles. The second kappa shape index (κ2) is 6.87. The Kier molecular flexibility index (Phi) is 4.25. The number of fused-ring (bicyclic) bond motifs is 2. The average Bonchev–Trinajstić information content (AvgIpc) is 3.30. The van der Waals surface area contributed by atoms with Crippen LogP contribution in [0.15, 0.2) is 59.3 Å². The molecule has 2 amide bonds. The molecule has 27 heavy (non-hydrogen) atoms. The Morgan fingerprint density at radius 1 is 1.11 bits per heavy atom. The van der Waals surface area contributed by atoms with Crippen molar-refractivity contribution >= 4 is 33.7 Å². The summed E-state index contributed by atoms with van der Waals surface area (Å²) in [7, 11) is 1.58. The fraction of sp³-hybridized carbons (Fsp3) is 0.100. The number of furan rings is 1. The molecule has 0 spiro atoms. The van der Waals surface area contributed by atoms with Gasteiger partial charge in [-0.1, -0.05) is 18.2 Å². The van der Waals surface area contributed by atoms with Crippen LogP contribution in [0.5, 0.6) is 5.75 Å². The molecule has 0 unspecified atom stereocenters. The van der Waals surface area contributed by atoms with Gasteiger partial charge in [-0.3, -0.25) is 20.4 Å². The van der Waals surface area contributed by atoms with Crippen molar-refractivity contribution in [2.45, 2.75) is 6.42 Å². The topological polar surface area (TPSA) is 96.4 Å². The first-order chi connectivity index (χ1) is 13.2. The lowest BCUT2D eigenvalue weighted by Gasteiger charge is -2.06. The van der Waals surface area contributed by atoms with Crippen molar-refractivity contribution in [3.8, 4) is 5.75 Å². The number of ether oxygens (including phenoxy) is 1. The number of carbonyl (C=O) groups excluding carboxylic acids is 2. The predicted molar refractivity (Wildman–Crippen MR) is 100 cm³/mol. The van der Waals surface area contributed by atoms with Gasteiger partial charge in [0.1, 0.15) is 11.3 Å². The standard InChI is InChI=1S/C20H17N3O4/c1-26-13-6-7-14-12(11-27-18(14)9-13)8-19(24)22-23-20(25)16-10-21-17-5-3-2-4-15(16)17/h2-7,9-11,21H,8H2,1H3,(H,22,24)(H,23,25). The molecule has 2 heterocycles. The van der Waals surface area contributed by atoms with E-state index in [1.165, 1.54) is 6.26 Å². The van der Waals surface area contributed by atoms with Crippen molar-refractivity contribution in [2.75, 3.05) is 7.11 Å². The van der Waals surface area contributed by atoms with Crippen LogP contribution in [0.25, 0.3) is 21.9 Å². The summed E-state index contributed by atoms with van der Waals surface area (Å²) in [6.45, 7) is 0. The number of hydrazine groups is 1. The van der Waals surface area contributed by atoms with Gasteiger partial charge < -0.3 is 14.1 Å². The monoisotopic (exact) mass is 363 g/mol. The fourth-order valence-corrected chi connectivity index (χ4v) is 3.00. The Morgan fingerprint density at radius 3 is 2.81 bits per heavy atom. The zero-order chi connectivity index (χ0) is 18.8. The lowest BCUT2D eigenvalue weighted by Crippen LogP contribution is -2.42. The van der Waals surface area contributed by atoms with E-state index >= 15 is 0 Å². The average molecular weight is 363 g/mol. The summed E-state index contributed by atoms with van der Waals surface area (Å²) in [5.41, 5.74) is 7.58. The molecule has 136 valence electrons. The number of aromatic nitrogens is 1. The van der Waals surface area contributed by atoms with E-state index in [2.05, 4.69) is 15.8 Å². The molecule has 3 N–H and O–H groups in total. The number of methoxy groups -OCH3 is 1. The number of benzene rings is 2. The summed E-state index contributed by atoms with van der Waals surface area (Å²) >= 11 is 0. The van der Waals surface area contributed by atoms with Crippen LogP contribution in [0.4, 0.5) is 0 Å². The molecule has 0 aliphatic heterocycles. The van der Waals surface area contributed by atoms with E-state index < -0.39 is 0 Å². The minimum absolute atomic E-state index is 0.0769. The Labute approximate surface area is 154 Å². The lowest BCUT2D eigenvalue weighted by molar-refractivity contribution is -0.121. The number of para-hydroxylation sites is 1. The van der Waals surface area contributed by atoms with Crippen molar-refractivity contribution < 1.29 is 18.7 Å². The maximum absolute atomic E-state index is 12.3. The van der Waals surface area contributed by atoms with Crippen molar-refractivity contribution in [3.63, 3.8) is 0 Å². The van der Waals surface area contributed by atoms with Gasteiger partial charge in [-0.2, -0.15) is 0 Å². The van der Waals surface area contributed by atoms with E-state index in [0.717, 1.165) is 21.9 Å². The third-order valence-electron chi connectivity index (χ3n) is 4.36. The first-order valence-electron chi connectivity index (χ1n) is 8.35. The number of nitrogens with one attached hydrogen (secondary N) is 3. The first-order valence-corrected chi connectivity index (χ1v) is 8.35. The van der Waals surface area contributed by atoms with Crippen molar-refractivity contribution in [1.82, 2.24) is 15.8 Å². The van der Waals surface area contributed by atoms with Crippen LogP contribution >= 0.6 is 0 Å². The van der Waals surface area contributed by atoms with Gasteiger partial charge in [-0.15, -0.1) is 0 Å². The highest BCUT2D eigenvalue weighted by molar-refractivity contribution is 6.07. The van der Waals surface area contributed by atoms with Crippen LogP contribution in [-0.2, 0) is 11.2 Å². The summed E-state index contributed by atoms with van der Waals surface area (Å²) in [6, 6.07) is 12.9. The molecule has 4 aromatic rings. The normalized spacial score (nSPS) is 10.9. The number of amides is 2. The van der Waals surface area contributed by atoms with Crippen LogP contribution in [0, 0.1) is 0 Å². The van der Waals surface area contributed by atoms with Crippen LogP contribution < -0.4 is 15.6 Å². The summed E-state index contributed by atoms with van der Waals surface area (Å²) in [6.07, 6.45) is 3.22. The van der Waals surface area contributed by atoms with Gasteiger partial charge >= 0.3 is 0 Å². The SMILES string of the molecule is COc1ccc2c(CC(=O)NNC(=O)c3c[nH]c4ccccc34)coc2c1. The number of H-pyrrole nitrogens is 1. The van der Waals surface area contributed by atoms with Crippen LogP contribution in [0.2, 0.25) is 0 Å². The third kappa shape index (κ3) is 3.22. The number of hydrogen-bond donors (Lipinski definition) is 3. The first kappa shape index (κ1) is 16.7. The van der Waals surface area contributed by atoms with Crippen molar-refractivity contribution in [1.29, 1.82) is 0 Å². The predicted octanol–water partition coefficient (Wildman–Crippen LogP) is 2.93. The van der Waals surface area contributed by atoms with Crippen LogP contribution in [-0.4, -0.2) is 23.9 Å². The van der Waals surface area contributed by atoms with Gasteiger partial charge in [0, 0.05) is 34.1 Å². The molecule has 0 atom stereocenters. The Hall–Kier alpha value is -3.74. The number of hydrogen-bond acceptors (Lipinski definition) is 4. The maximum Gasteiger partial charge on any atom is 0.271 e. The molecular formula is C20H17N3O4. The largest absolute Gasteiger partial charge is 0.497 e. The molecule has 7 heteroatoms. The highest BCUT2D eigenvalue weighted by Gasteiger charge is 2.14. The van der Waals surface area contributed by atoms with Gasteiger partial charge in [-0.25, -0.2) is 0 Å². The minimum atomic E-state index is -0.386. The maximum atomic E-state index is 12.3. The smallest absolute Gasteiger partial charge is 0.271 e. The second-order valence-electron chi connectivity index (χ2n) is 6.05. The Morgan fingerprint density at radius 2 is 1.96 bits per heavy atom. The molecule has 0 bridgehead atoms. The summed E-state index contributed by atoms with van der Waals surface area (Å²) < 4.78 is 10.6. The van der Waals surface area contributed by atoms with Gasteiger partial charge in [0.15, 0.2) is 0 Å². The Balaban J connectivity index is 1.42. The molecule has 0 aliphatic carbocycles. The van der Waals surface area contributed by atoms with E-state index in [1.54, 1.807) is 25.4 Å². The molecule has 2 aromatic carbocycles. The Bertz CT molecular complexity index is 1140. The molecule has 0 fully saturated rings. The lowest BCUT2D eigenvalue weighted by atomic mass is 10.1. The second-order valence-corrected chi connectivity index (χ2v) is 6.05. The van der Waals surface area contributed by atoms with Crippen LogP contribution in [0.1, 0.15) is 15.9 Å². The van der Waals surface area contributed by atoms with Gasteiger partial charge in [-0.05, 0) is 18.2 Å².